The first-order chi connectivity index (χ1) is 14.2. The zero-order chi connectivity index (χ0) is 22.3. The summed E-state index contributed by atoms with van der Waals surface area (Å²) in [6.45, 7) is 4.47. The Kier molecular flexibility index (Phi) is 8.45. The third-order valence-electron chi connectivity index (χ3n) is 4.08. The topological polar surface area (TPSA) is 84.5 Å². The highest BCUT2D eigenvalue weighted by Gasteiger charge is 2.23. The number of hydrogen-bond donors (Lipinski definition) is 2. The van der Waals surface area contributed by atoms with E-state index in [-0.39, 0.29) is 5.70 Å². The van der Waals surface area contributed by atoms with Crippen LogP contribution in [0.4, 0.5) is 0 Å². The summed E-state index contributed by atoms with van der Waals surface area (Å²) in [7, 11) is 0. The minimum atomic E-state index is -1.10. The van der Waals surface area contributed by atoms with Crippen LogP contribution in [-0.2, 0) is 19.1 Å². The van der Waals surface area contributed by atoms with Crippen molar-refractivity contribution < 1.29 is 19.1 Å². The fourth-order valence-corrected chi connectivity index (χ4v) is 3.16. The average molecular weight is 449 g/mol. The van der Waals surface area contributed by atoms with E-state index in [1.54, 1.807) is 49.4 Å². The van der Waals surface area contributed by atoms with Crippen molar-refractivity contribution in [1.29, 1.82) is 0 Å². The van der Waals surface area contributed by atoms with Crippen LogP contribution >= 0.6 is 23.2 Å². The molecule has 30 heavy (non-hydrogen) atoms. The molecule has 2 amide bonds. The monoisotopic (exact) mass is 448 g/mol. The van der Waals surface area contributed by atoms with Crippen LogP contribution in [-0.4, -0.2) is 23.9 Å². The van der Waals surface area contributed by atoms with Crippen LogP contribution in [0.2, 0.25) is 10.0 Å². The number of ether oxygens (including phenoxy) is 1. The zero-order valence-electron chi connectivity index (χ0n) is 16.7. The minimum absolute atomic E-state index is 0.0675. The number of esters is 1. The molecule has 2 aromatic carbocycles. The van der Waals surface area contributed by atoms with E-state index < -0.39 is 29.9 Å². The number of carbonyl (C=O) groups excluding carboxylic acids is 3. The molecule has 0 aromatic heterocycles. The Balaban J connectivity index is 2.07. The van der Waals surface area contributed by atoms with Gasteiger partial charge in [0.2, 0.25) is 5.91 Å². The van der Waals surface area contributed by atoms with E-state index in [1.807, 2.05) is 6.07 Å². The van der Waals surface area contributed by atoms with Crippen LogP contribution in [0.3, 0.4) is 0 Å². The molecular formula is C22H22Cl2N2O4. The SMILES string of the molecule is CC(=O)N/C(=C/c1ccccc1)C(=O)OC(C)C(=O)NC(C)c1ccc(Cl)cc1Cl. The second kappa shape index (κ2) is 10.8. The van der Waals surface area contributed by atoms with Crippen LogP contribution in [0.25, 0.3) is 6.08 Å². The average Bonchev–Trinajstić information content (AvgIpc) is 2.67. The van der Waals surface area contributed by atoms with E-state index in [2.05, 4.69) is 10.6 Å². The van der Waals surface area contributed by atoms with Crippen LogP contribution < -0.4 is 10.6 Å². The third kappa shape index (κ3) is 6.90. The molecule has 0 radical (unpaired) electrons. The molecule has 0 aliphatic rings. The standard InChI is InChI=1S/C22H22Cl2N2O4/c1-13(18-10-9-17(23)12-19(18)24)25-21(28)14(2)30-22(29)20(26-15(3)27)11-16-7-5-4-6-8-16/h4-14H,1-3H3,(H,25,28)(H,26,27)/b20-11+. The van der Waals surface area contributed by atoms with Crippen molar-refractivity contribution >= 4 is 47.1 Å². The van der Waals surface area contributed by atoms with Crippen molar-refractivity contribution in [2.75, 3.05) is 0 Å². The predicted molar refractivity (Wildman–Crippen MR) is 117 cm³/mol. The van der Waals surface area contributed by atoms with Gasteiger partial charge in [-0.25, -0.2) is 4.79 Å². The third-order valence-corrected chi connectivity index (χ3v) is 4.64. The Morgan fingerprint density at radius 2 is 1.70 bits per heavy atom. The molecule has 0 aliphatic carbocycles. The van der Waals surface area contributed by atoms with Gasteiger partial charge in [-0.15, -0.1) is 0 Å². The maximum absolute atomic E-state index is 12.5. The van der Waals surface area contributed by atoms with Gasteiger partial charge in [-0.05, 0) is 43.2 Å². The van der Waals surface area contributed by atoms with Crippen molar-refractivity contribution in [2.45, 2.75) is 32.9 Å². The van der Waals surface area contributed by atoms with Gasteiger partial charge < -0.3 is 15.4 Å². The van der Waals surface area contributed by atoms with Gasteiger partial charge in [0, 0.05) is 17.0 Å². The summed E-state index contributed by atoms with van der Waals surface area (Å²) in [6.07, 6.45) is 0.378. The Bertz CT molecular complexity index is 961. The van der Waals surface area contributed by atoms with Gasteiger partial charge in [0.25, 0.3) is 5.91 Å². The van der Waals surface area contributed by atoms with Crippen LogP contribution in [0.5, 0.6) is 0 Å². The fourth-order valence-electron chi connectivity index (χ4n) is 2.59. The van der Waals surface area contributed by atoms with E-state index in [0.717, 1.165) is 0 Å². The van der Waals surface area contributed by atoms with Crippen LogP contribution in [0.15, 0.2) is 54.2 Å². The molecule has 0 bridgehead atoms. The number of hydrogen-bond acceptors (Lipinski definition) is 4. The lowest BCUT2D eigenvalue weighted by atomic mass is 10.1. The smallest absolute Gasteiger partial charge is 0.355 e. The first-order valence-electron chi connectivity index (χ1n) is 9.18. The molecule has 0 aliphatic heterocycles. The Morgan fingerprint density at radius 3 is 2.30 bits per heavy atom. The highest BCUT2D eigenvalue weighted by molar-refractivity contribution is 6.35. The van der Waals surface area contributed by atoms with Gasteiger partial charge in [0.05, 0.1) is 6.04 Å². The fraction of sp³-hybridized carbons (Fsp3) is 0.227. The lowest BCUT2D eigenvalue weighted by Crippen LogP contribution is -2.38. The first kappa shape index (κ1) is 23.4. The van der Waals surface area contributed by atoms with E-state index in [9.17, 15) is 14.4 Å². The Labute approximate surface area is 185 Å². The van der Waals surface area contributed by atoms with Crippen molar-refractivity contribution in [3.63, 3.8) is 0 Å². The molecule has 2 unspecified atom stereocenters. The van der Waals surface area contributed by atoms with Gasteiger partial charge in [-0.3, -0.25) is 9.59 Å². The second-order valence-corrected chi connectivity index (χ2v) is 7.44. The van der Waals surface area contributed by atoms with E-state index in [1.165, 1.54) is 19.9 Å². The van der Waals surface area contributed by atoms with Crippen molar-refractivity contribution in [1.82, 2.24) is 10.6 Å². The predicted octanol–water partition coefficient (Wildman–Crippen LogP) is 4.28. The first-order valence-corrected chi connectivity index (χ1v) is 9.93. The van der Waals surface area contributed by atoms with Gasteiger partial charge in [0.1, 0.15) is 5.70 Å². The molecule has 2 aromatic rings. The van der Waals surface area contributed by atoms with Crippen molar-refractivity contribution in [3.8, 4) is 0 Å². The number of amides is 2. The van der Waals surface area contributed by atoms with Gasteiger partial charge in [-0.1, -0.05) is 59.6 Å². The van der Waals surface area contributed by atoms with Gasteiger partial charge in [-0.2, -0.15) is 0 Å². The molecule has 0 fully saturated rings. The van der Waals surface area contributed by atoms with Crippen molar-refractivity contribution in [2.24, 2.45) is 0 Å². The van der Waals surface area contributed by atoms with Gasteiger partial charge >= 0.3 is 5.97 Å². The number of nitrogens with one attached hydrogen (secondary N) is 2. The van der Waals surface area contributed by atoms with E-state index >= 15 is 0 Å². The highest BCUT2D eigenvalue weighted by Crippen LogP contribution is 2.26. The molecular weight excluding hydrogens is 427 g/mol. The Hall–Kier alpha value is -2.83. The zero-order valence-corrected chi connectivity index (χ0v) is 18.3. The normalized spacial score (nSPS) is 13.2. The largest absolute Gasteiger partial charge is 0.448 e. The summed E-state index contributed by atoms with van der Waals surface area (Å²) in [5, 5.41) is 6.08. The number of benzene rings is 2. The molecule has 0 spiro atoms. The molecule has 2 N–H and O–H groups in total. The van der Waals surface area contributed by atoms with E-state index in [4.69, 9.17) is 27.9 Å². The van der Waals surface area contributed by atoms with Gasteiger partial charge in [0.15, 0.2) is 6.10 Å². The summed E-state index contributed by atoms with van der Waals surface area (Å²) >= 11 is 12.1. The second-order valence-electron chi connectivity index (χ2n) is 6.59. The summed E-state index contributed by atoms with van der Waals surface area (Å²) in [6, 6.07) is 13.5. The molecule has 0 heterocycles. The Morgan fingerprint density at radius 1 is 1.03 bits per heavy atom. The summed E-state index contributed by atoms with van der Waals surface area (Å²) in [5.41, 5.74) is 1.30. The summed E-state index contributed by atoms with van der Waals surface area (Å²) in [4.78, 5) is 36.5. The number of rotatable bonds is 7. The maximum atomic E-state index is 12.5. The lowest BCUT2D eigenvalue weighted by molar-refractivity contribution is -0.152. The number of carbonyl (C=O) groups is 3. The summed E-state index contributed by atoms with van der Waals surface area (Å²) in [5.74, 6) is -1.77. The molecule has 158 valence electrons. The highest BCUT2D eigenvalue weighted by atomic mass is 35.5. The van der Waals surface area contributed by atoms with Crippen molar-refractivity contribution in [3.05, 3.63) is 75.4 Å². The van der Waals surface area contributed by atoms with Crippen LogP contribution in [0, 0.1) is 0 Å². The molecule has 0 saturated heterocycles. The maximum Gasteiger partial charge on any atom is 0.355 e. The lowest BCUT2D eigenvalue weighted by Gasteiger charge is -2.20. The molecule has 0 saturated carbocycles. The molecule has 6 nitrogen and oxygen atoms in total. The molecule has 2 rings (SSSR count). The molecule has 2 atom stereocenters. The minimum Gasteiger partial charge on any atom is -0.448 e. The van der Waals surface area contributed by atoms with Crippen LogP contribution in [0.1, 0.15) is 37.9 Å². The summed E-state index contributed by atoms with van der Waals surface area (Å²) < 4.78 is 5.25. The quantitative estimate of drug-likeness (QED) is 0.488. The van der Waals surface area contributed by atoms with E-state index in [0.29, 0.717) is 21.2 Å². The molecule has 8 heteroatoms. The number of halogens is 2.